The summed E-state index contributed by atoms with van der Waals surface area (Å²) in [4.78, 5) is 25.9. The Kier molecular flexibility index (Phi) is 4.10. The number of benzene rings is 1. The summed E-state index contributed by atoms with van der Waals surface area (Å²) in [5, 5.41) is 6.81. The van der Waals surface area contributed by atoms with Crippen molar-refractivity contribution in [1.29, 1.82) is 0 Å². The maximum Gasteiger partial charge on any atom is 0.269 e. The maximum atomic E-state index is 12.9. The third kappa shape index (κ3) is 3.39. The van der Waals surface area contributed by atoms with Gasteiger partial charge in [-0.25, -0.2) is 4.39 Å². The predicted molar refractivity (Wildman–Crippen MR) is 80.9 cm³/mol. The fraction of sp³-hybridized carbons (Fsp3) is 0.312. The summed E-state index contributed by atoms with van der Waals surface area (Å²) in [6, 6.07) is 7.46. The number of carbonyl (C=O) groups excluding carboxylic acids is 2. The molecule has 2 aromatic rings. The first-order chi connectivity index (χ1) is 11.0. The molecule has 2 amide bonds. The molecule has 7 heteroatoms. The van der Waals surface area contributed by atoms with Crippen LogP contribution in [0.5, 0.6) is 0 Å². The highest BCUT2D eigenvalue weighted by Gasteiger charge is 2.31. The number of nitrogens with zero attached hydrogens (tertiary/aromatic N) is 3. The summed E-state index contributed by atoms with van der Waals surface area (Å²) in [6.07, 6.45) is 1.82. The summed E-state index contributed by atoms with van der Waals surface area (Å²) >= 11 is 0. The molecule has 0 aliphatic carbocycles. The smallest absolute Gasteiger partial charge is 0.269 e. The van der Waals surface area contributed by atoms with Crippen LogP contribution in [0, 0.1) is 5.82 Å². The number of amides is 2. The van der Waals surface area contributed by atoms with E-state index in [9.17, 15) is 14.0 Å². The van der Waals surface area contributed by atoms with Gasteiger partial charge in [-0.1, -0.05) is 12.1 Å². The number of aryl methyl sites for hydroxylation is 1. The molecule has 1 aliphatic heterocycles. The molecule has 1 saturated heterocycles. The Hall–Kier alpha value is -2.70. The van der Waals surface area contributed by atoms with Gasteiger partial charge in [-0.2, -0.15) is 5.10 Å². The molecule has 0 radical (unpaired) electrons. The lowest BCUT2D eigenvalue weighted by atomic mass is 10.2. The fourth-order valence-electron chi connectivity index (χ4n) is 2.69. The van der Waals surface area contributed by atoms with Crippen molar-refractivity contribution in [3.8, 4) is 0 Å². The van der Waals surface area contributed by atoms with Gasteiger partial charge in [0, 0.05) is 32.8 Å². The van der Waals surface area contributed by atoms with Gasteiger partial charge in [0.05, 0.1) is 6.04 Å². The normalized spacial score (nSPS) is 17.6. The minimum absolute atomic E-state index is 0.0235. The van der Waals surface area contributed by atoms with Crippen LogP contribution in [0.1, 0.15) is 22.5 Å². The largest absolute Gasteiger partial charge is 0.346 e. The summed E-state index contributed by atoms with van der Waals surface area (Å²) in [5.41, 5.74) is 1.31. The van der Waals surface area contributed by atoms with Crippen molar-refractivity contribution in [2.24, 2.45) is 7.05 Å². The van der Waals surface area contributed by atoms with E-state index in [1.165, 1.54) is 16.8 Å². The maximum absolute atomic E-state index is 12.9. The number of hydrogen-bond donors (Lipinski definition) is 1. The number of carbonyl (C=O) groups is 2. The molecular formula is C16H17FN4O2. The van der Waals surface area contributed by atoms with Gasteiger partial charge in [0.2, 0.25) is 5.91 Å². The average molecular weight is 316 g/mol. The van der Waals surface area contributed by atoms with Crippen LogP contribution in [0.2, 0.25) is 0 Å². The van der Waals surface area contributed by atoms with E-state index in [0.29, 0.717) is 18.8 Å². The van der Waals surface area contributed by atoms with Gasteiger partial charge in [-0.05, 0) is 23.8 Å². The minimum Gasteiger partial charge on any atom is -0.346 e. The lowest BCUT2D eigenvalue weighted by Gasteiger charge is -2.17. The molecule has 0 unspecified atom stereocenters. The molecule has 0 bridgehead atoms. The van der Waals surface area contributed by atoms with E-state index in [2.05, 4.69) is 10.4 Å². The second-order valence-electron chi connectivity index (χ2n) is 5.62. The van der Waals surface area contributed by atoms with Crippen molar-refractivity contribution in [3.63, 3.8) is 0 Å². The standard InChI is InChI=1S/C16H17FN4O2/c1-20-14(6-7-18-20)16(23)19-13-8-15(22)21(10-13)9-11-2-4-12(17)5-3-11/h2-7,13H,8-10H2,1H3,(H,19,23)/t13-/m0/s1. The zero-order chi connectivity index (χ0) is 16.4. The van der Waals surface area contributed by atoms with Crippen molar-refractivity contribution >= 4 is 11.8 Å². The third-order valence-corrected chi connectivity index (χ3v) is 3.89. The molecule has 23 heavy (non-hydrogen) atoms. The Morgan fingerprint density at radius 2 is 2.09 bits per heavy atom. The highest BCUT2D eigenvalue weighted by atomic mass is 19.1. The van der Waals surface area contributed by atoms with Crippen LogP contribution < -0.4 is 5.32 Å². The number of aromatic nitrogens is 2. The summed E-state index contributed by atoms with van der Waals surface area (Å²) in [6.45, 7) is 0.858. The van der Waals surface area contributed by atoms with E-state index in [0.717, 1.165) is 5.56 Å². The van der Waals surface area contributed by atoms with Crippen LogP contribution in [-0.2, 0) is 18.4 Å². The van der Waals surface area contributed by atoms with Crippen molar-refractivity contribution in [2.75, 3.05) is 6.54 Å². The van der Waals surface area contributed by atoms with E-state index in [1.54, 1.807) is 36.3 Å². The fourth-order valence-corrected chi connectivity index (χ4v) is 2.69. The van der Waals surface area contributed by atoms with Crippen LogP contribution in [-0.4, -0.2) is 39.1 Å². The van der Waals surface area contributed by atoms with Crippen LogP contribution in [0.25, 0.3) is 0 Å². The Morgan fingerprint density at radius 3 is 2.74 bits per heavy atom. The molecule has 1 aliphatic rings. The minimum atomic E-state index is -0.303. The van der Waals surface area contributed by atoms with E-state index in [1.807, 2.05) is 0 Å². The molecular weight excluding hydrogens is 299 g/mol. The van der Waals surface area contributed by atoms with E-state index >= 15 is 0 Å². The van der Waals surface area contributed by atoms with Gasteiger partial charge in [0.25, 0.3) is 5.91 Å². The van der Waals surface area contributed by atoms with Crippen molar-refractivity contribution in [2.45, 2.75) is 19.0 Å². The number of hydrogen-bond acceptors (Lipinski definition) is 3. The lowest BCUT2D eigenvalue weighted by Crippen LogP contribution is -2.37. The highest BCUT2D eigenvalue weighted by molar-refractivity contribution is 5.93. The Morgan fingerprint density at radius 1 is 1.35 bits per heavy atom. The molecule has 1 fully saturated rings. The van der Waals surface area contributed by atoms with E-state index in [-0.39, 0.29) is 30.1 Å². The van der Waals surface area contributed by atoms with Gasteiger partial charge in [0.1, 0.15) is 11.5 Å². The SMILES string of the molecule is Cn1nccc1C(=O)N[C@H]1CC(=O)N(Cc2ccc(F)cc2)C1. The third-order valence-electron chi connectivity index (χ3n) is 3.89. The van der Waals surface area contributed by atoms with Crippen LogP contribution in [0.3, 0.4) is 0 Å². The predicted octanol–water partition coefficient (Wildman–Crippen LogP) is 1.09. The number of nitrogens with one attached hydrogen (secondary N) is 1. The van der Waals surface area contributed by atoms with Gasteiger partial charge >= 0.3 is 0 Å². The Bertz CT molecular complexity index is 726. The zero-order valence-corrected chi connectivity index (χ0v) is 12.7. The monoisotopic (exact) mass is 316 g/mol. The van der Waals surface area contributed by atoms with E-state index in [4.69, 9.17) is 0 Å². The lowest BCUT2D eigenvalue weighted by molar-refractivity contribution is -0.128. The highest BCUT2D eigenvalue weighted by Crippen LogP contribution is 2.16. The van der Waals surface area contributed by atoms with Crippen LogP contribution >= 0.6 is 0 Å². The summed E-state index contributed by atoms with van der Waals surface area (Å²) in [5.74, 6) is -0.570. The second kappa shape index (κ2) is 6.20. The molecule has 0 spiro atoms. The molecule has 0 saturated carbocycles. The summed E-state index contributed by atoms with van der Waals surface area (Å²) in [7, 11) is 1.69. The van der Waals surface area contributed by atoms with Crippen LogP contribution in [0.4, 0.5) is 4.39 Å². The number of halogens is 1. The molecule has 1 N–H and O–H groups in total. The number of rotatable bonds is 4. The van der Waals surface area contributed by atoms with E-state index < -0.39 is 0 Å². The average Bonchev–Trinajstić information content (AvgIpc) is 3.08. The quantitative estimate of drug-likeness (QED) is 0.918. The Labute approximate surface area is 132 Å². The first-order valence-electron chi connectivity index (χ1n) is 7.34. The second-order valence-corrected chi connectivity index (χ2v) is 5.62. The number of likely N-dealkylation sites (tertiary alicyclic amines) is 1. The molecule has 2 heterocycles. The molecule has 1 atom stereocenters. The van der Waals surface area contributed by atoms with Crippen molar-refractivity contribution in [3.05, 3.63) is 53.6 Å². The first kappa shape index (κ1) is 15.2. The zero-order valence-electron chi connectivity index (χ0n) is 12.7. The molecule has 6 nitrogen and oxygen atoms in total. The van der Waals surface area contributed by atoms with Crippen molar-refractivity contribution in [1.82, 2.24) is 20.0 Å². The topological polar surface area (TPSA) is 67.2 Å². The Balaban J connectivity index is 1.60. The summed E-state index contributed by atoms with van der Waals surface area (Å²) < 4.78 is 14.4. The molecule has 120 valence electrons. The first-order valence-corrected chi connectivity index (χ1v) is 7.34. The van der Waals surface area contributed by atoms with Gasteiger partial charge in [-0.15, -0.1) is 0 Å². The molecule has 1 aromatic heterocycles. The van der Waals surface area contributed by atoms with Crippen molar-refractivity contribution < 1.29 is 14.0 Å². The van der Waals surface area contributed by atoms with Gasteiger partial charge < -0.3 is 10.2 Å². The molecule has 1 aromatic carbocycles. The van der Waals surface area contributed by atoms with Crippen LogP contribution in [0.15, 0.2) is 36.5 Å². The van der Waals surface area contributed by atoms with Gasteiger partial charge in [-0.3, -0.25) is 14.3 Å². The van der Waals surface area contributed by atoms with Gasteiger partial charge in [0.15, 0.2) is 0 Å². The molecule has 3 rings (SSSR count).